The molecule has 0 saturated carbocycles. The summed E-state index contributed by atoms with van der Waals surface area (Å²) in [5, 5.41) is 1.97. The predicted octanol–water partition coefficient (Wildman–Crippen LogP) is 2.71. The van der Waals surface area contributed by atoms with E-state index < -0.39 is 47.9 Å². The third-order valence-corrected chi connectivity index (χ3v) is 5.48. The minimum Gasteiger partial charge on any atom is -0.496 e. The van der Waals surface area contributed by atoms with Gasteiger partial charge in [0.2, 0.25) is 17.3 Å². The number of methoxy groups -OCH3 is 1. The number of benzene rings is 1. The van der Waals surface area contributed by atoms with Gasteiger partial charge in [0.15, 0.2) is 23.1 Å². The van der Waals surface area contributed by atoms with Crippen LogP contribution in [0.4, 0.5) is 8.78 Å². The van der Waals surface area contributed by atoms with Crippen LogP contribution in [0.1, 0.15) is 41.0 Å². The molecule has 1 aromatic rings. The molecule has 0 fully saturated rings. The Morgan fingerprint density at radius 2 is 2.06 bits per heavy atom. The van der Waals surface area contributed by atoms with Crippen molar-refractivity contribution in [1.82, 2.24) is 5.32 Å². The van der Waals surface area contributed by atoms with Crippen molar-refractivity contribution in [3.05, 3.63) is 34.1 Å². The number of ketones is 3. The van der Waals surface area contributed by atoms with E-state index in [2.05, 4.69) is 10.1 Å². The maximum atomic E-state index is 13.4. The average Bonchev–Trinajstić information content (AvgIpc) is 2.99. The maximum absolute atomic E-state index is 13.4. The molecule has 1 aliphatic carbocycles. The lowest BCUT2D eigenvalue weighted by Gasteiger charge is -2.36. The van der Waals surface area contributed by atoms with Crippen molar-refractivity contribution in [3.63, 3.8) is 0 Å². The summed E-state index contributed by atoms with van der Waals surface area (Å²) in [6.07, 6.45) is 1.04. The Kier molecular flexibility index (Phi) is 6.04. The molecule has 1 amide bonds. The molecule has 2 atom stereocenters. The zero-order valence-electron chi connectivity index (χ0n) is 16.7. The molecule has 1 aromatic carbocycles. The number of carbonyl (C=O) groups excluding carboxylic acids is 4. The molecule has 0 saturated heterocycles. The Labute approximate surface area is 180 Å². The summed E-state index contributed by atoms with van der Waals surface area (Å²) in [6.45, 7) is -1.01. The highest BCUT2D eigenvalue weighted by Crippen LogP contribution is 2.53. The molecule has 1 aliphatic heterocycles. The molecule has 3 rings (SSSR count). The van der Waals surface area contributed by atoms with Crippen LogP contribution in [0, 0.1) is 5.92 Å². The van der Waals surface area contributed by atoms with Gasteiger partial charge in [0, 0.05) is 30.9 Å². The number of nitrogens with one attached hydrogen (secondary N) is 1. The maximum Gasteiger partial charge on any atom is 0.387 e. The summed E-state index contributed by atoms with van der Waals surface area (Å²) in [4.78, 5) is 49.0. The van der Waals surface area contributed by atoms with Gasteiger partial charge >= 0.3 is 6.61 Å². The first-order valence-electron chi connectivity index (χ1n) is 9.14. The van der Waals surface area contributed by atoms with E-state index in [1.807, 2.05) is 0 Å². The molecule has 0 unspecified atom stereocenters. The highest BCUT2D eigenvalue weighted by Gasteiger charge is 2.60. The van der Waals surface area contributed by atoms with Crippen molar-refractivity contribution < 1.29 is 42.2 Å². The van der Waals surface area contributed by atoms with Gasteiger partial charge in [-0.3, -0.25) is 19.2 Å². The van der Waals surface area contributed by atoms with Crippen LogP contribution in [0.2, 0.25) is 5.02 Å². The number of carbonyl (C=O) groups is 4. The van der Waals surface area contributed by atoms with E-state index in [1.54, 1.807) is 6.92 Å². The number of fused-ring (bicyclic) bond motifs is 1. The molecule has 166 valence electrons. The minimum absolute atomic E-state index is 0.0659. The second-order valence-electron chi connectivity index (χ2n) is 7.10. The molecular weight excluding hydrogens is 440 g/mol. The molecule has 1 N–H and O–H groups in total. The number of hydrogen-bond donors (Lipinski definition) is 1. The Bertz CT molecular complexity index is 1020. The van der Waals surface area contributed by atoms with E-state index in [-0.39, 0.29) is 39.9 Å². The summed E-state index contributed by atoms with van der Waals surface area (Å²) >= 11 is 6.33. The topological polar surface area (TPSA) is 108 Å². The highest BCUT2D eigenvalue weighted by atomic mass is 35.5. The Balaban J connectivity index is 2.19. The number of rotatable bonds is 6. The van der Waals surface area contributed by atoms with Crippen molar-refractivity contribution in [2.75, 3.05) is 13.7 Å². The summed E-state index contributed by atoms with van der Waals surface area (Å²) in [5.74, 6) is -4.07. The van der Waals surface area contributed by atoms with Crippen molar-refractivity contribution in [2.45, 2.75) is 32.5 Å². The SMILES string of the molecule is COC1=CC(=O)C[C@@H](C)[C@]12Oc1c(Cl)c(C(=O)CNC(C)=O)cc(OC(F)F)c1C2=O. The van der Waals surface area contributed by atoms with Crippen LogP contribution in [0.5, 0.6) is 11.5 Å². The lowest BCUT2D eigenvalue weighted by molar-refractivity contribution is -0.119. The number of hydrogen-bond acceptors (Lipinski definition) is 7. The third kappa shape index (κ3) is 3.76. The summed E-state index contributed by atoms with van der Waals surface area (Å²) in [7, 11) is 1.24. The van der Waals surface area contributed by atoms with E-state index in [0.29, 0.717) is 0 Å². The summed E-state index contributed by atoms with van der Waals surface area (Å²) in [6, 6.07) is 0.909. The molecule has 2 aliphatic rings. The van der Waals surface area contributed by atoms with Gasteiger partial charge in [0.05, 0.1) is 18.7 Å². The van der Waals surface area contributed by atoms with E-state index >= 15 is 0 Å². The Hall–Kier alpha value is -3.01. The number of Topliss-reactive ketones (excluding diaryl/α,β-unsaturated/α-hetero) is 2. The lowest BCUT2D eigenvalue weighted by atomic mass is 9.75. The molecule has 8 nitrogen and oxygen atoms in total. The molecular formula is C20H18ClF2NO7. The highest BCUT2D eigenvalue weighted by molar-refractivity contribution is 6.37. The van der Waals surface area contributed by atoms with Crippen molar-refractivity contribution in [3.8, 4) is 11.5 Å². The largest absolute Gasteiger partial charge is 0.496 e. The second kappa shape index (κ2) is 8.26. The van der Waals surface area contributed by atoms with Crippen LogP contribution in [-0.2, 0) is 14.3 Å². The molecule has 11 heteroatoms. The number of halogens is 3. The van der Waals surface area contributed by atoms with Gasteiger partial charge in [-0.05, 0) is 6.07 Å². The first-order valence-corrected chi connectivity index (χ1v) is 9.52. The zero-order valence-corrected chi connectivity index (χ0v) is 17.5. The van der Waals surface area contributed by atoms with Crippen molar-refractivity contribution in [1.29, 1.82) is 0 Å². The fourth-order valence-corrected chi connectivity index (χ4v) is 4.00. The van der Waals surface area contributed by atoms with E-state index in [4.69, 9.17) is 21.1 Å². The fourth-order valence-electron chi connectivity index (χ4n) is 3.70. The predicted molar refractivity (Wildman–Crippen MR) is 103 cm³/mol. The van der Waals surface area contributed by atoms with Gasteiger partial charge in [0.1, 0.15) is 11.3 Å². The standard InChI is InChI=1S/C20H18ClF2NO7/c1-8-4-10(26)5-14(29-3)20(8)18(28)15-13(30-19(22)23)6-11(16(21)17(15)31-20)12(27)7-24-9(2)25/h5-6,8,19H,4,7H2,1-3H3,(H,24,25)/t8-,20+/m1/s1. The molecule has 1 heterocycles. The molecule has 31 heavy (non-hydrogen) atoms. The molecule has 1 spiro atoms. The zero-order chi connectivity index (χ0) is 23.1. The third-order valence-electron chi connectivity index (χ3n) is 5.11. The number of allylic oxidation sites excluding steroid dienone is 1. The van der Waals surface area contributed by atoms with E-state index in [1.165, 1.54) is 14.0 Å². The first-order chi connectivity index (χ1) is 14.5. The van der Waals surface area contributed by atoms with Gasteiger partial charge in [-0.2, -0.15) is 8.78 Å². The first kappa shape index (κ1) is 22.7. The van der Waals surface area contributed by atoms with Gasteiger partial charge < -0.3 is 19.5 Å². The van der Waals surface area contributed by atoms with Crippen LogP contribution in [0.15, 0.2) is 17.9 Å². The van der Waals surface area contributed by atoms with Crippen LogP contribution < -0.4 is 14.8 Å². The van der Waals surface area contributed by atoms with E-state index in [9.17, 15) is 28.0 Å². The smallest absolute Gasteiger partial charge is 0.387 e. The van der Waals surface area contributed by atoms with Crippen molar-refractivity contribution in [2.24, 2.45) is 5.92 Å². The average molecular weight is 458 g/mol. The summed E-state index contributed by atoms with van der Waals surface area (Å²) in [5.41, 5.74) is -2.49. The van der Waals surface area contributed by atoms with Gasteiger partial charge in [-0.1, -0.05) is 18.5 Å². The second-order valence-corrected chi connectivity index (χ2v) is 7.48. The molecule has 0 bridgehead atoms. The Morgan fingerprint density at radius 3 is 2.65 bits per heavy atom. The van der Waals surface area contributed by atoms with Gasteiger partial charge in [-0.25, -0.2) is 0 Å². The van der Waals surface area contributed by atoms with Crippen LogP contribution >= 0.6 is 11.6 Å². The lowest BCUT2D eigenvalue weighted by Crippen LogP contribution is -2.51. The van der Waals surface area contributed by atoms with Crippen LogP contribution in [0.25, 0.3) is 0 Å². The van der Waals surface area contributed by atoms with Gasteiger partial charge in [0.25, 0.3) is 0 Å². The Morgan fingerprint density at radius 1 is 1.39 bits per heavy atom. The van der Waals surface area contributed by atoms with E-state index in [0.717, 1.165) is 12.1 Å². The number of amides is 1. The van der Waals surface area contributed by atoms with Crippen LogP contribution in [0.3, 0.4) is 0 Å². The monoisotopic (exact) mass is 457 g/mol. The quantitative estimate of drug-likeness (QED) is 0.654. The summed E-state index contributed by atoms with van der Waals surface area (Å²) < 4.78 is 41.8. The van der Waals surface area contributed by atoms with Crippen molar-refractivity contribution >= 4 is 34.9 Å². The molecule has 0 radical (unpaired) electrons. The minimum atomic E-state index is -3.31. The fraction of sp³-hybridized carbons (Fsp3) is 0.400. The van der Waals surface area contributed by atoms with Crippen LogP contribution in [-0.4, -0.2) is 49.1 Å². The number of alkyl halides is 2. The normalized spacial score (nSPS) is 22.2. The molecule has 0 aromatic heterocycles. The van der Waals surface area contributed by atoms with Gasteiger partial charge in [-0.15, -0.1) is 0 Å². The number of ether oxygens (including phenoxy) is 3.